The molecule has 1 N–H and O–H groups in total. The summed E-state index contributed by atoms with van der Waals surface area (Å²) in [5.41, 5.74) is 0.333. The molecule has 11 heteroatoms. The first-order valence-electron chi connectivity index (χ1n) is 10.0. The van der Waals surface area contributed by atoms with Gasteiger partial charge in [0, 0.05) is 29.1 Å². The molecule has 0 bridgehead atoms. The third-order valence-corrected chi connectivity index (χ3v) is 6.22. The van der Waals surface area contributed by atoms with Gasteiger partial charge in [0.1, 0.15) is 6.04 Å². The van der Waals surface area contributed by atoms with E-state index in [0.29, 0.717) is 10.7 Å². The zero-order valence-electron chi connectivity index (χ0n) is 16.9. The maximum Gasteiger partial charge on any atom is 0.271 e. The first kappa shape index (κ1) is 20.8. The molecule has 2 aromatic rings. The lowest BCUT2D eigenvalue weighted by Gasteiger charge is -2.30. The van der Waals surface area contributed by atoms with E-state index in [1.54, 1.807) is 36.4 Å². The van der Waals surface area contributed by atoms with Crippen LogP contribution < -0.4 is 10.2 Å². The molecule has 2 fully saturated rings. The molecular formula is C22H16ClN5O5. The number of carbonyl (C=O) groups excluding carboxylic acids is 3. The summed E-state index contributed by atoms with van der Waals surface area (Å²) in [6.07, 6.45) is 4.88. The van der Waals surface area contributed by atoms with Crippen molar-refractivity contribution in [2.75, 3.05) is 10.2 Å². The fourth-order valence-corrected chi connectivity index (χ4v) is 4.71. The third kappa shape index (κ3) is 3.35. The van der Waals surface area contributed by atoms with Gasteiger partial charge in [-0.15, -0.1) is 0 Å². The van der Waals surface area contributed by atoms with Gasteiger partial charge in [-0.3, -0.25) is 29.5 Å². The Balaban J connectivity index is 1.51. The van der Waals surface area contributed by atoms with E-state index in [-0.39, 0.29) is 11.4 Å². The predicted molar refractivity (Wildman–Crippen MR) is 120 cm³/mol. The number of nitrogens with zero attached hydrogens (tertiary/aromatic N) is 4. The highest BCUT2D eigenvalue weighted by Crippen LogP contribution is 2.46. The zero-order chi connectivity index (χ0) is 23.3. The molecule has 0 saturated carbocycles. The van der Waals surface area contributed by atoms with Crippen molar-refractivity contribution >= 4 is 52.6 Å². The molecule has 0 spiro atoms. The summed E-state index contributed by atoms with van der Waals surface area (Å²) >= 11 is 5.90. The van der Waals surface area contributed by atoms with Crippen molar-refractivity contribution in [3.63, 3.8) is 0 Å². The van der Waals surface area contributed by atoms with Gasteiger partial charge in [0.05, 0.1) is 28.5 Å². The van der Waals surface area contributed by atoms with E-state index in [1.165, 1.54) is 35.5 Å². The minimum Gasteiger partial charge on any atom is -0.324 e. The van der Waals surface area contributed by atoms with Gasteiger partial charge in [-0.1, -0.05) is 23.7 Å². The Morgan fingerprint density at radius 2 is 1.82 bits per heavy atom. The summed E-state index contributed by atoms with van der Waals surface area (Å²) in [5.74, 6) is -3.48. The van der Waals surface area contributed by atoms with Crippen LogP contribution in [0, 0.1) is 22.0 Å². The highest BCUT2D eigenvalue weighted by Gasteiger charge is 2.64. The number of hydrogen-bond acceptors (Lipinski definition) is 7. The standard InChI is InChI=1S/C22H16ClN5O5/c23-12-6-8-13(9-7-12)25-20(29)19-18-17(16-5-2-10-24-27(16)19)21(30)26(22(18)31)14-3-1-4-15(11-14)28(32)33/h1-11,16-19H,(H,25,29). The van der Waals surface area contributed by atoms with Gasteiger partial charge >= 0.3 is 0 Å². The molecule has 3 aliphatic rings. The van der Waals surface area contributed by atoms with E-state index >= 15 is 0 Å². The van der Waals surface area contributed by atoms with E-state index in [9.17, 15) is 24.5 Å². The molecule has 33 heavy (non-hydrogen) atoms. The Kier molecular flexibility index (Phi) is 4.94. The normalized spacial score (nSPS) is 25.2. The smallest absolute Gasteiger partial charge is 0.271 e. The van der Waals surface area contributed by atoms with Crippen LogP contribution >= 0.6 is 11.6 Å². The number of fused-ring (bicyclic) bond motifs is 3. The van der Waals surface area contributed by atoms with E-state index in [2.05, 4.69) is 10.4 Å². The summed E-state index contributed by atoms with van der Waals surface area (Å²) in [4.78, 5) is 51.6. The number of benzene rings is 2. The van der Waals surface area contributed by atoms with Crippen LogP contribution in [-0.4, -0.2) is 46.0 Å². The summed E-state index contributed by atoms with van der Waals surface area (Å²) < 4.78 is 0. The van der Waals surface area contributed by atoms with Gasteiger partial charge < -0.3 is 5.32 Å². The molecule has 0 aliphatic carbocycles. The minimum absolute atomic E-state index is 0.0975. The van der Waals surface area contributed by atoms with E-state index in [1.807, 2.05) is 0 Å². The first-order valence-corrected chi connectivity index (χ1v) is 10.4. The second kappa shape index (κ2) is 7.82. The fourth-order valence-electron chi connectivity index (χ4n) is 4.59. The minimum atomic E-state index is -1.04. The molecular weight excluding hydrogens is 450 g/mol. The largest absolute Gasteiger partial charge is 0.324 e. The SMILES string of the molecule is O=C(Nc1ccc(Cl)cc1)C1C2C(=O)N(c3cccc([N+](=O)[O-])c3)C(=O)C2C2C=CC=NN21. The number of allylic oxidation sites excluding steroid dienone is 1. The molecule has 2 saturated heterocycles. The van der Waals surface area contributed by atoms with Gasteiger partial charge in [0.2, 0.25) is 17.7 Å². The molecule has 5 rings (SSSR count). The van der Waals surface area contributed by atoms with Crippen molar-refractivity contribution in [3.8, 4) is 0 Å². The molecule has 4 unspecified atom stereocenters. The van der Waals surface area contributed by atoms with E-state index < -0.39 is 46.6 Å². The van der Waals surface area contributed by atoms with Crippen LogP contribution in [0.15, 0.2) is 65.8 Å². The number of non-ortho nitro benzene ring substituents is 1. The number of nitro benzene ring substituents is 1. The first-order chi connectivity index (χ1) is 15.9. The number of hydrogen-bond donors (Lipinski definition) is 1. The second-order valence-corrected chi connectivity index (χ2v) is 8.24. The van der Waals surface area contributed by atoms with Crippen molar-refractivity contribution in [2.24, 2.45) is 16.9 Å². The van der Waals surface area contributed by atoms with Crippen molar-refractivity contribution in [1.29, 1.82) is 0 Å². The maximum absolute atomic E-state index is 13.5. The zero-order valence-corrected chi connectivity index (χ0v) is 17.6. The van der Waals surface area contributed by atoms with Crippen LogP contribution in [0.3, 0.4) is 0 Å². The lowest BCUT2D eigenvalue weighted by molar-refractivity contribution is -0.384. The van der Waals surface area contributed by atoms with Crippen molar-refractivity contribution < 1.29 is 19.3 Å². The number of rotatable bonds is 4. The van der Waals surface area contributed by atoms with Crippen LogP contribution in [-0.2, 0) is 14.4 Å². The predicted octanol–water partition coefficient (Wildman–Crippen LogP) is 2.60. The van der Waals surface area contributed by atoms with Crippen LogP contribution in [0.1, 0.15) is 0 Å². The molecule has 2 aromatic carbocycles. The summed E-state index contributed by atoms with van der Waals surface area (Å²) in [6.45, 7) is 0. The Morgan fingerprint density at radius 3 is 2.55 bits per heavy atom. The Hall–Kier alpha value is -4.05. The molecule has 3 amide bonds. The lowest BCUT2D eigenvalue weighted by Crippen LogP contribution is -2.47. The van der Waals surface area contributed by atoms with Crippen molar-refractivity contribution in [2.45, 2.75) is 12.1 Å². The van der Waals surface area contributed by atoms with Crippen LogP contribution in [0.2, 0.25) is 5.02 Å². The van der Waals surface area contributed by atoms with Gasteiger partial charge in [-0.2, -0.15) is 5.10 Å². The summed E-state index contributed by atoms with van der Waals surface area (Å²) in [5, 5.41) is 20.2. The van der Waals surface area contributed by atoms with Gasteiger partial charge in [0.15, 0.2) is 0 Å². The second-order valence-electron chi connectivity index (χ2n) is 7.80. The number of amides is 3. The fraction of sp³-hybridized carbons (Fsp3) is 0.182. The molecule has 0 radical (unpaired) electrons. The van der Waals surface area contributed by atoms with Crippen LogP contribution in [0.4, 0.5) is 17.1 Å². The van der Waals surface area contributed by atoms with Crippen LogP contribution in [0.25, 0.3) is 0 Å². The molecule has 4 atom stereocenters. The number of imide groups is 1. The topological polar surface area (TPSA) is 125 Å². The molecule has 3 heterocycles. The molecule has 0 aromatic heterocycles. The summed E-state index contributed by atoms with van der Waals surface area (Å²) in [6, 6.07) is 10.2. The van der Waals surface area contributed by atoms with Crippen LogP contribution in [0.5, 0.6) is 0 Å². The average molecular weight is 466 g/mol. The summed E-state index contributed by atoms with van der Waals surface area (Å²) in [7, 11) is 0. The van der Waals surface area contributed by atoms with Crippen molar-refractivity contribution in [1.82, 2.24) is 5.01 Å². The monoisotopic (exact) mass is 465 g/mol. The quantitative estimate of drug-likeness (QED) is 0.420. The number of carbonyl (C=O) groups is 3. The van der Waals surface area contributed by atoms with Gasteiger partial charge in [-0.25, -0.2) is 4.90 Å². The van der Waals surface area contributed by atoms with E-state index in [4.69, 9.17) is 11.6 Å². The number of anilines is 2. The number of nitro groups is 1. The average Bonchev–Trinajstić information content (AvgIpc) is 3.28. The molecule has 3 aliphatic heterocycles. The molecule has 166 valence electrons. The van der Waals surface area contributed by atoms with Gasteiger partial charge in [0.25, 0.3) is 5.69 Å². The van der Waals surface area contributed by atoms with E-state index in [0.717, 1.165) is 4.90 Å². The number of hydrazone groups is 1. The number of halogens is 1. The highest BCUT2D eigenvalue weighted by molar-refractivity contribution is 6.30. The molecule has 10 nitrogen and oxygen atoms in total. The van der Waals surface area contributed by atoms with Crippen molar-refractivity contribution in [3.05, 3.63) is 75.8 Å². The maximum atomic E-state index is 13.5. The van der Waals surface area contributed by atoms with Gasteiger partial charge in [-0.05, 0) is 36.4 Å². The highest BCUT2D eigenvalue weighted by atomic mass is 35.5. The third-order valence-electron chi connectivity index (χ3n) is 5.97. The Morgan fingerprint density at radius 1 is 1.09 bits per heavy atom. The Labute approximate surface area is 192 Å². The lowest BCUT2D eigenvalue weighted by atomic mass is 9.88. The number of nitrogens with one attached hydrogen (secondary N) is 1. The Bertz CT molecular complexity index is 1240.